The number of Topliss-reactive ketones (excluding diaryl/α,β-unsaturated/α-hetero) is 1. The van der Waals surface area contributed by atoms with E-state index in [2.05, 4.69) is 0 Å². The van der Waals surface area contributed by atoms with Crippen molar-refractivity contribution in [1.29, 1.82) is 0 Å². The van der Waals surface area contributed by atoms with Gasteiger partial charge in [0.2, 0.25) is 0 Å². The molecular weight excluding hydrogens is 274 g/mol. The Balaban J connectivity index is 2.17. The fourth-order valence-electron chi connectivity index (χ4n) is 2.62. The highest BCUT2D eigenvalue weighted by atomic mass is 32.2. The summed E-state index contributed by atoms with van der Waals surface area (Å²) in [4.78, 5) is 12.2. The number of carbonyl (C=O) groups is 1. The Hall–Kier alpha value is -1.88. The van der Waals surface area contributed by atoms with Crippen molar-refractivity contribution in [2.24, 2.45) is 0 Å². The molecule has 0 saturated heterocycles. The molecule has 1 unspecified atom stereocenters. The van der Waals surface area contributed by atoms with Crippen LogP contribution in [0.3, 0.4) is 0 Å². The minimum absolute atomic E-state index is 0.0898. The normalized spacial score (nSPS) is 18.3. The second kappa shape index (κ2) is 4.31. The predicted octanol–water partition coefficient (Wildman–Crippen LogP) is 2.72. The Kier molecular flexibility index (Phi) is 2.83. The van der Waals surface area contributed by atoms with Gasteiger partial charge in [0.25, 0.3) is 10.0 Å². The van der Waals surface area contributed by atoms with Crippen molar-refractivity contribution in [3.05, 3.63) is 53.3 Å². The summed E-state index contributed by atoms with van der Waals surface area (Å²) in [5.41, 5.74) is 2.13. The van der Waals surface area contributed by atoms with Gasteiger partial charge in [-0.05, 0) is 36.6 Å². The molecule has 0 fully saturated rings. The van der Waals surface area contributed by atoms with Gasteiger partial charge in [0.15, 0.2) is 5.78 Å². The van der Waals surface area contributed by atoms with E-state index in [1.807, 2.05) is 13.8 Å². The van der Waals surface area contributed by atoms with E-state index in [1.165, 1.54) is 6.20 Å². The van der Waals surface area contributed by atoms with Gasteiger partial charge in [-0.1, -0.05) is 24.6 Å². The summed E-state index contributed by atoms with van der Waals surface area (Å²) in [6.07, 6.45) is 1.86. The predicted molar refractivity (Wildman–Crippen MR) is 75.6 cm³/mol. The second-order valence-electron chi connectivity index (χ2n) is 5.26. The number of hydrogen-bond donors (Lipinski definition) is 0. The van der Waals surface area contributed by atoms with Crippen molar-refractivity contribution < 1.29 is 13.2 Å². The lowest BCUT2D eigenvalue weighted by Crippen LogP contribution is -2.16. The number of nitrogens with zero attached hydrogens (tertiary/aromatic N) is 1. The van der Waals surface area contributed by atoms with Crippen LogP contribution in [0, 0.1) is 6.92 Å². The molecule has 1 heterocycles. The van der Waals surface area contributed by atoms with Crippen molar-refractivity contribution >= 4 is 15.8 Å². The lowest BCUT2D eigenvalue weighted by Gasteiger charge is -2.08. The van der Waals surface area contributed by atoms with E-state index in [-0.39, 0.29) is 16.6 Å². The van der Waals surface area contributed by atoms with Gasteiger partial charge in [0.05, 0.1) is 4.90 Å². The molecule has 5 heteroatoms. The topological polar surface area (TPSA) is 56.1 Å². The monoisotopic (exact) mass is 289 g/mol. The van der Waals surface area contributed by atoms with Crippen LogP contribution < -0.4 is 0 Å². The van der Waals surface area contributed by atoms with Gasteiger partial charge in [-0.15, -0.1) is 0 Å². The van der Waals surface area contributed by atoms with Gasteiger partial charge in [0, 0.05) is 12.6 Å². The van der Waals surface area contributed by atoms with Crippen molar-refractivity contribution in [3.8, 4) is 0 Å². The van der Waals surface area contributed by atoms with Crippen LogP contribution in [0.25, 0.3) is 0 Å². The maximum Gasteiger partial charge on any atom is 0.268 e. The molecule has 0 saturated carbocycles. The number of hydrogen-bond acceptors (Lipinski definition) is 3. The minimum Gasteiger partial charge on any atom is -0.292 e. The number of carbonyl (C=O) groups excluding carboxylic acids is 1. The average molecular weight is 289 g/mol. The van der Waals surface area contributed by atoms with Crippen molar-refractivity contribution in [2.75, 3.05) is 0 Å². The molecule has 0 spiro atoms. The van der Waals surface area contributed by atoms with Crippen LogP contribution in [0.15, 0.2) is 41.4 Å². The summed E-state index contributed by atoms with van der Waals surface area (Å²) in [6, 6.07) is 8.37. The van der Waals surface area contributed by atoms with Gasteiger partial charge in [-0.25, -0.2) is 12.4 Å². The van der Waals surface area contributed by atoms with E-state index >= 15 is 0 Å². The van der Waals surface area contributed by atoms with E-state index < -0.39 is 10.0 Å². The number of benzene rings is 1. The third-order valence-corrected chi connectivity index (χ3v) is 5.44. The quantitative estimate of drug-likeness (QED) is 0.854. The average Bonchev–Trinajstić information content (AvgIpc) is 2.94. The molecule has 1 aromatic carbocycles. The minimum atomic E-state index is -3.70. The zero-order chi connectivity index (χ0) is 14.5. The first-order chi connectivity index (χ1) is 9.41. The molecule has 0 bridgehead atoms. The van der Waals surface area contributed by atoms with Gasteiger partial charge in [-0.2, -0.15) is 0 Å². The van der Waals surface area contributed by atoms with Crippen LogP contribution >= 0.6 is 0 Å². The summed E-state index contributed by atoms with van der Waals surface area (Å²) in [5, 5.41) is 0. The molecule has 1 aliphatic carbocycles. The Morgan fingerprint density at radius 2 is 1.80 bits per heavy atom. The zero-order valence-corrected chi connectivity index (χ0v) is 12.1. The third kappa shape index (κ3) is 1.81. The molecule has 20 heavy (non-hydrogen) atoms. The maximum absolute atomic E-state index is 12.6. The SMILES string of the molecule is Cc1ccc(S(=O)(=O)n2ccc3c2C(=O)CC3C)cc1. The van der Waals surface area contributed by atoms with Crippen molar-refractivity contribution in [1.82, 2.24) is 3.97 Å². The van der Waals surface area contributed by atoms with Crippen LogP contribution in [-0.2, 0) is 10.0 Å². The summed E-state index contributed by atoms with van der Waals surface area (Å²) < 4.78 is 26.4. The first kappa shape index (κ1) is 13.1. The molecule has 104 valence electrons. The van der Waals surface area contributed by atoms with E-state index in [0.717, 1.165) is 15.1 Å². The van der Waals surface area contributed by atoms with Crippen molar-refractivity contribution in [2.45, 2.75) is 31.1 Å². The standard InChI is InChI=1S/C15H15NO3S/c1-10-3-5-12(6-4-10)20(18,19)16-8-7-13-11(2)9-14(17)15(13)16/h3-8,11H,9H2,1-2H3. The number of ketones is 1. The molecule has 0 radical (unpaired) electrons. The molecule has 3 rings (SSSR count). The van der Waals surface area contributed by atoms with Crippen LogP contribution in [0.4, 0.5) is 0 Å². The molecule has 1 atom stereocenters. The Labute approximate surface area is 118 Å². The van der Waals surface area contributed by atoms with Crippen LogP contribution in [-0.4, -0.2) is 18.2 Å². The Morgan fingerprint density at radius 3 is 2.45 bits per heavy atom. The summed E-state index contributed by atoms with van der Waals surface area (Å²) in [5.74, 6) is -0.0137. The second-order valence-corrected chi connectivity index (χ2v) is 7.08. The summed E-state index contributed by atoms with van der Waals surface area (Å²) in [6.45, 7) is 3.83. The number of aryl methyl sites for hydroxylation is 1. The number of rotatable bonds is 2. The highest BCUT2D eigenvalue weighted by Crippen LogP contribution is 2.34. The van der Waals surface area contributed by atoms with E-state index in [9.17, 15) is 13.2 Å². The molecule has 0 N–H and O–H groups in total. The van der Waals surface area contributed by atoms with Gasteiger partial charge in [0.1, 0.15) is 5.69 Å². The molecule has 1 aromatic heterocycles. The molecule has 4 nitrogen and oxygen atoms in total. The van der Waals surface area contributed by atoms with Crippen molar-refractivity contribution in [3.63, 3.8) is 0 Å². The van der Waals surface area contributed by atoms with Gasteiger partial charge >= 0.3 is 0 Å². The highest BCUT2D eigenvalue weighted by molar-refractivity contribution is 7.90. The van der Waals surface area contributed by atoms with Gasteiger partial charge in [-0.3, -0.25) is 4.79 Å². The Bertz CT molecular complexity index is 785. The third-order valence-electron chi connectivity index (χ3n) is 3.75. The number of fused-ring (bicyclic) bond motifs is 1. The Morgan fingerprint density at radius 1 is 1.15 bits per heavy atom. The number of aromatic nitrogens is 1. The molecule has 0 amide bonds. The largest absolute Gasteiger partial charge is 0.292 e. The zero-order valence-electron chi connectivity index (χ0n) is 11.3. The molecule has 0 aliphatic heterocycles. The van der Waals surface area contributed by atoms with E-state index in [1.54, 1.807) is 30.3 Å². The summed E-state index contributed by atoms with van der Waals surface area (Å²) >= 11 is 0. The maximum atomic E-state index is 12.6. The van der Waals surface area contributed by atoms with Crippen LogP contribution in [0.5, 0.6) is 0 Å². The lowest BCUT2D eigenvalue weighted by molar-refractivity contribution is 0.0984. The van der Waals surface area contributed by atoms with Crippen LogP contribution in [0.1, 0.15) is 40.9 Å². The highest BCUT2D eigenvalue weighted by Gasteiger charge is 2.33. The first-order valence-electron chi connectivity index (χ1n) is 6.48. The van der Waals surface area contributed by atoms with Gasteiger partial charge < -0.3 is 0 Å². The van der Waals surface area contributed by atoms with Crippen LogP contribution in [0.2, 0.25) is 0 Å². The summed E-state index contributed by atoms with van der Waals surface area (Å²) in [7, 11) is -3.70. The smallest absolute Gasteiger partial charge is 0.268 e. The molecule has 2 aromatic rings. The van der Waals surface area contributed by atoms with E-state index in [0.29, 0.717) is 12.1 Å². The lowest BCUT2D eigenvalue weighted by atomic mass is 10.1. The van der Waals surface area contributed by atoms with E-state index in [4.69, 9.17) is 0 Å². The first-order valence-corrected chi connectivity index (χ1v) is 7.92. The fraction of sp³-hybridized carbons (Fsp3) is 0.267. The molecular formula is C15H15NO3S. The fourth-order valence-corrected chi connectivity index (χ4v) is 3.99. The molecule has 1 aliphatic rings.